The first-order valence-corrected chi connectivity index (χ1v) is 12.1. The predicted molar refractivity (Wildman–Crippen MR) is 119 cm³/mol. The first-order valence-electron chi connectivity index (χ1n) is 10.6. The van der Waals surface area contributed by atoms with E-state index in [9.17, 15) is 26.8 Å². The first kappa shape index (κ1) is 24.8. The summed E-state index contributed by atoms with van der Waals surface area (Å²) in [6, 6.07) is 8.53. The Bertz CT molecular complexity index is 1150. The molecule has 0 spiro atoms. The second-order valence-corrected chi connectivity index (χ2v) is 10.2. The highest BCUT2D eigenvalue weighted by atomic mass is 32.2. The van der Waals surface area contributed by atoms with Crippen LogP contribution in [0.15, 0.2) is 47.4 Å². The van der Waals surface area contributed by atoms with Gasteiger partial charge in [0.05, 0.1) is 0 Å². The third-order valence-corrected chi connectivity index (χ3v) is 7.58. The van der Waals surface area contributed by atoms with Crippen LogP contribution in [0, 0.1) is 24.5 Å². The number of piperazine rings is 1. The Kier molecular flexibility index (Phi) is 7.48. The molecule has 0 radical (unpaired) electrons. The van der Waals surface area contributed by atoms with Crippen molar-refractivity contribution in [2.45, 2.75) is 31.7 Å². The molecule has 1 fully saturated rings. The smallest absolute Gasteiger partial charge is 0.252 e. The molecule has 1 saturated heterocycles. The fourth-order valence-corrected chi connectivity index (χ4v) is 5.22. The van der Waals surface area contributed by atoms with Gasteiger partial charge in [0, 0.05) is 31.7 Å². The van der Waals surface area contributed by atoms with E-state index in [1.54, 1.807) is 12.1 Å². The van der Waals surface area contributed by atoms with Gasteiger partial charge in [0.1, 0.15) is 22.6 Å². The number of aryl methyl sites for hydroxylation is 1. The van der Waals surface area contributed by atoms with Crippen molar-refractivity contribution in [3.63, 3.8) is 0 Å². The number of rotatable bonds is 6. The summed E-state index contributed by atoms with van der Waals surface area (Å²) in [7, 11) is -4.25. The van der Waals surface area contributed by atoms with Crippen LogP contribution in [0.3, 0.4) is 0 Å². The second kappa shape index (κ2) is 9.96. The molecule has 1 aliphatic rings. The molecule has 1 heterocycles. The number of carbonyl (C=O) groups is 2. The van der Waals surface area contributed by atoms with Crippen LogP contribution in [-0.4, -0.2) is 61.7 Å². The van der Waals surface area contributed by atoms with Crippen molar-refractivity contribution in [1.29, 1.82) is 0 Å². The van der Waals surface area contributed by atoms with Gasteiger partial charge >= 0.3 is 0 Å². The van der Waals surface area contributed by atoms with Crippen molar-refractivity contribution in [3.05, 3.63) is 65.2 Å². The third-order valence-electron chi connectivity index (χ3n) is 5.67. The molecule has 0 aromatic heterocycles. The van der Waals surface area contributed by atoms with E-state index in [1.165, 1.54) is 4.90 Å². The summed E-state index contributed by atoms with van der Waals surface area (Å²) in [5.74, 6) is -2.76. The molecule has 178 valence electrons. The van der Waals surface area contributed by atoms with Crippen molar-refractivity contribution in [2.24, 2.45) is 5.92 Å². The summed E-state index contributed by atoms with van der Waals surface area (Å²) in [5.41, 5.74) is 1.26. The average molecular weight is 480 g/mol. The van der Waals surface area contributed by atoms with Gasteiger partial charge in [-0.25, -0.2) is 17.2 Å². The van der Waals surface area contributed by atoms with E-state index in [-0.39, 0.29) is 43.9 Å². The third kappa shape index (κ3) is 5.39. The Labute approximate surface area is 192 Å². The Morgan fingerprint density at radius 2 is 1.64 bits per heavy atom. The number of halogens is 2. The van der Waals surface area contributed by atoms with E-state index in [1.807, 2.05) is 32.9 Å². The lowest BCUT2D eigenvalue weighted by molar-refractivity contribution is -0.135. The highest BCUT2D eigenvalue weighted by Gasteiger charge is 2.35. The van der Waals surface area contributed by atoms with Gasteiger partial charge in [-0.3, -0.25) is 9.59 Å². The summed E-state index contributed by atoms with van der Waals surface area (Å²) < 4.78 is 54.1. The van der Waals surface area contributed by atoms with Crippen molar-refractivity contribution in [1.82, 2.24) is 14.5 Å². The SMILES string of the molecule is Cc1ccccc1C(=O)N[C@H](C(=O)N1CCN(S(=O)(=O)c2cc(F)ccc2F)CC1)C(C)C. The molecular weight excluding hydrogens is 452 g/mol. The van der Waals surface area contributed by atoms with Crippen LogP contribution in [0.1, 0.15) is 29.8 Å². The van der Waals surface area contributed by atoms with E-state index < -0.39 is 32.6 Å². The number of hydrogen-bond acceptors (Lipinski definition) is 4. The van der Waals surface area contributed by atoms with Gasteiger partial charge in [-0.2, -0.15) is 4.31 Å². The summed E-state index contributed by atoms with van der Waals surface area (Å²) in [4.78, 5) is 26.6. The number of hydrogen-bond donors (Lipinski definition) is 1. The molecule has 0 unspecified atom stereocenters. The van der Waals surface area contributed by atoms with Crippen LogP contribution >= 0.6 is 0 Å². The Morgan fingerprint density at radius 3 is 2.24 bits per heavy atom. The number of nitrogens with one attached hydrogen (secondary N) is 1. The van der Waals surface area contributed by atoms with Crippen LogP contribution < -0.4 is 5.32 Å². The summed E-state index contributed by atoms with van der Waals surface area (Å²) in [6.45, 7) is 5.43. The Hall–Kier alpha value is -2.85. The summed E-state index contributed by atoms with van der Waals surface area (Å²) >= 11 is 0. The molecule has 1 N–H and O–H groups in total. The largest absolute Gasteiger partial charge is 0.340 e. The standard InChI is InChI=1S/C23H27F2N3O4S/c1-15(2)21(26-22(29)18-7-5-4-6-16(18)3)23(30)27-10-12-28(13-11-27)33(31,32)20-14-17(24)8-9-19(20)25/h4-9,14-15,21H,10-13H2,1-3H3,(H,26,29)/t21-/m0/s1. The van der Waals surface area contributed by atoms with Gasteiger partial charge < -0.3 is 10.2 Å². The van der Waals surface area contributed by atoms with E-state index in [0.717, 1.165) is 22.0 Å². The van der Waals surface area contributed by atoms with Gasteiger partial charge in [-0.15, -0.1) is 0 Å². The van der Waals surface area contributed by atoms with Gasteiger partial charge in [-0.1, -0.05) is 32.0 Å². The molecular formula is C23H27F2N3O4S. The van der Waals surface area contributed by atoms with Crippen molar-refractivity contribution in [2.75, 3.05) is 26.2 Å². The van der Waals surface area contributed by atoms with Crippen LogP contribution in [0.5, 0.6) is 0 Å². The van der Waals surface area contributed by atoms with Crippen LogP contribution in [0.4, 0.5) is 8.78 Å². The topological polar surface area (TPSA) is 86.8 Å². The number of amides is 2. The molecule has 2 amide bonds. The minimum absolute atomic E-state index is 0.0679. The number of carbonyl (C=O) groups excluding carboxylic acids is 2. The fourth-order valence-electron chi connectivity index (χ4n) is 3.72. The highest BCUT2D eigenvalue weighted by molar-refractivity contribution is 7.89. The minimum Gasteiger partial charge on any atom is -0.340 e. The van der Waals surface area contributed by atoms with E-state index in [2.05, 4.69) is 5.32 Å². The van der Waals surface area contributed by atoms with E-state index >= 15 is 0 Å². The highest BCUT2D eigenvalue weighted by Crippen LogP contribution is 2.22. The molecule has 2 aromatic rings. The van der Waals surface area contributed by atoms with Crippen molar-refractivity contribution < 1.29 is 26.8 Å². The van der Waals surface area contributed by atoms with Gasteiger partial charge in [0.2, 0.25) is 15.9 Å². The summed E-state index contributed by atoms with van der Waals surface area (Å²) in [6.07, 6.45) is 0. The van der Waals surface area contributed by atoms with Gasteiger partial charge in [0.25, 0.3) is 5.91 Å². The number of sulfonamides is 1. The monoisotopic (exact) mass is 479 g/mol. The fraction of sp³-hybridized carbons (Fsp3) is 0.391. The second-order valence-electron chi connectivity index (χ2n) is 8.31. The molecule has 3 rings (SSSR count). The minimum atomic E-state index is -4.25. The van der Waals surface area contributed by atoms with Gasteiger partial charge in [-0.05, 0) is 42.7 Å². The lowest BCUT2D eigenvalue weighted by atomic mass is 10.0. The lowest BCUT2D eigenvalue weighted by Crippen LogP contribution is -2.57. The first-order chi connectivity index (χ1) is 15.5. The molecule has 0 aliphatic carbocycles. The van der Waals surface area contributed by atoms with Crippen molar-refractivity contribution >= 4 is 21.8 Å². The maximum atomic E-state index is 14.0. The Morgan fingerprint density at radius 1 is 1.00 bits per heavy atom. The molecule has 10 heteroatoms. The molecule has 2 aromatic carbocycles. The van der Waals surface area contributed by atoms with Crippen LogP contribution in [0.2, 0.25) is 0 Å². The van der Waals surface area contributed by atoms with Crippen LogP contribution in [-0.2, 0) is 14.8 Å². The molecule has 0 bridgehead atoms. The zero-order chi connectivity index (χ0) is 24.3. The predicted octanol–water partition coefficient (Wildman–Crippen LogP) is 2.56. The normalized spacial score (nSPS) is 16.0. The van der Waals surface area contributed by atoms with Gasteiger partial charge in [0.15, 0.2) is 0 Å². The Balaban J connectivity index is 1.69. The molecule has 7 nitrogen and oxygen atoms in total. The molecule has 33 heavy (non-hydrogen) atoms. The quantitative estimate of drug-likeness (QED) is 0.690. The zero-order valence-corrected chi connectivity index (χ0v) is 19.5. The number of benzene rings is 2. The lowest BCUT2D eigenvalue weighted by Gasteiger charge is -2.36. The molecule has 1 aliphatic heterocycles. The van der Waals surface area contributed by atoms with E-state index in [4.69, 9.17) is 0 Å². The van der Waals surface area contributed by atoms with Crippen LogP contribution in [0.25, 0.3) is 0 Å². The van der Waals surface area contributed by atoms with Crippen molar-refractivity contribution in [3.8, 4) is 0 Å². The maximum Gasteiger partial charge on any atom is 0.252 e. The molecule has 0 saturated carbocycles. The maximum absolute atomic E-state index is 14.0. The zero-order valence-electron chi connectivity index (χ0n) is 18.7. The summed E-state index contributed by atoms with van der Waals surface area (Å²) in [5, 5.41) is 2.80. The molecule has 1 atom stereocenters. The number of nitrogens with zero attached hydrogens (tertiary/aromatic N) is 2. The van der Waals surface area contributed by atoms with E-state index in [0.29, 0.717) is 11.6 Å². The average Bonchev–Trinajstić information content (AvgIpc) is 2.78.